The molecule has 32 heavy (non-hydrogen) atoms. The van der Waals surface area contributed by atoms with Gasteiger partial charge in [-0.25, -0.2) is 9.59 Å². The van der Waals surface area contributed by atoms with E-state index in [0.29, 0.717) is 41.0 Å². The van der Waals surface area contributed by atoms with Crippen molar-refractivity contribution < 1.29 is 28.5 Å². The van der Waals surface area contributed by atoms with E-state index in [2.05, 4.69) is 13.8 Å². The third kappa shape index (κ3) is 8.06. The predicted octanol–water partition coefficient (Wildman–Crippen LogP) is 7.65. The van der Waals surface area contributed by atoms with Gasteiger partial charge in [0.15, 0.2) is 0 Å². The van der Waals surface area contributed by atoms with Gasteiger partial charge in [0, 0.05) is 10.8 Å². The van der Waals surface area contributed by atoms with Crippen LogP contribution in [0.15, 0.2) is 24.3 Å². The van der Waals surface area contributed by atoms with Crippen molar-refractivity contribution in [2.75, 3.05) is 13.2 Å². The highest BCUT2D eigenvalue weighted by Crippen LogP contribution is 2.37. The van der Waals surface area contributed by atoms with E-state index in [0.717, 1.165) is 56.9 Å². The third-order valence-electron chi connectivity index (χ3n) is 5.21. The summed E-state index contributed by atoms with van der Waals surface area (Å²) < 4.78 is 21.5. The van der Waals surface area contributed by atoms with Gasteiger partial charge >= 0.3 is 12.3 Å². The molecule has 0 heterocycles. The highest BCUT2D eigenvalue weighted by molar-refractivity contribution is 5.97. The fourth-order valence-electron chi connectivity index (χ4n) is 3.43. The van der Waals surface area contributed by atoms with Gasteiger partial charge in [0.05, 0.1) is 13.2 Å². The van der Waals surface area contributed by atoms with Gasteiger partial charge in [-0.1, -0.05) is 70.1 Å². The van der Waals surface area contributed by atoms with Crippen LogP contribution in [0.3, 0.4) is 0 Å². The van der Waals surface area contributed by atoms with Crippen LogP contribution in [0.5, 0.6) is 11.5 Å². The molecule has 176 valence electrons. The molecule has 0 aliphatic heterocycles. The maximum atomic E-state index is 12.2. The molecule has 0 saturated carbocycles. The molecule has 0 fully saturated rings. The molecule has 0 amide bonds. The Bertz CT molecular complexity index is 890. The predicted molar refractivity (Wildman–Crippen MR) is 126 cm³/mol. The summed E-state index contributed by atoms with van der Waals surface area (Å²) in [5.41, 5.74) is 1.65. The molecule has 0 bridgehead atoms. The van der Waals surface area contributed by atoms with Crippen molar-refractivity contribution in [3.05, 3.63) is 35.4 Å². The molecule has 2 rings (SSSR count). The van der Waals surface area contributed by atoms with Crippen molar-refractivity contribution in [1.29, 1.82) is 0 Å². The number of fused-ring (bicyclic) bond motifs is 1. The first kappa shape index (κ1) is 25.5. The molecule has 0 aromatic heterocycles. The number of ether oxygens (including phenoxy) is 4. The zero-order valence-electron chi connectivity index (χ0n) is 19.8. The quantitative estimate of drug-likeness (QED) is 0.190. The summed E-state index contributed by atoms with van der Waals surface area (Å²) in [4.78, 5) is 24.4. The summed E-state index contributed by atoms with van der Waals surface area (Å²) in [7, 11) is 0. The molecule has 0 unspecified atom stereocenters. The number of rotatable bonds is 12. The zero-order chi connectivity index (χ0) is 23.3. The monoisotopic (exact) mass is 444 g/mol. The van der Waals surface area contributed by atoms with Crippen LogP contribution in [0.1, 0.15) is 76.3 Å². The highest BCUT2D eigenvalue weighted by atomic mass is 16.7. The lowest BCUT2D eigenvalue weighted by molar-refractivity contribution is 0.0956. The SMILES string of the molecule is CCCCCCOC(=O)Oc1cc(C)c(OC(=O)OCCCCCC)c2cc(C)ccc12. The Labute approximate surface area is 191 Å². The average Bonchev–Trinajstić information content (AvgIpc) is 2.76. The molecule has 0 N–H and O–H groups in total. The Morgan fingerprint density at radius 2 is 1.31 bits per heavy atom. The lowest BCUT2D eigenvalue weighted by Crippen LogP contribution is -2.14. The third-order valence-corrected chi connectivity index (χ3v) is 5.21. The van der Waals surface area contributed by atoms with E-state index in [1.807, 2.05) is 25.1 Å². The first-order valence-electron chi connectivity index (χ1n) is 11.7. The van der Waals surface area contributed by atoms with Crippen molar-refractivity contribution in [3.8, 4) is 11.5 Å². The first-order valence-corrected chi connectivity index (χ1v) is 11.7. The van der Waals surface area contributed by atoms with Crippen molar-refractivity contribution in [1.82, 2.24) is 0 Å². The molecule has 2 aromatic rings. The second-order valence-corrected chi connectivity index (χ2v) is 8.09. The van der Waals surface area contributed by atoms with Gasteiger partial charge in [0.1, 0.15) is 11.5 Å². The van der Waals surface area contributed by atoms with E-state index in [-0.39, 0.29) is 0 Å². The highest BCUT2D eigenvalue weighted by Gasteiger charge is 2.18. The second kappa shape index (κ2) is 13.6. The van der Waals surface area contributed by atoms with Crippen LogP contribution < -0.4 is 9.47 Å². The maximum Gasteiger partial charge on any atom is 0.513 e. The van der Waals surface area contributed by atoms with Crippen LogP contribution >= 0.6 is 0 Å². The number of carbonyl (C=O) groups is 2. The molecular formula is C26H36O6. The molecule has 0 saturated heterocycles. The number of hydrogen-bond acceptors (Lipinski definition) is 6. The molecular weight excluding hydrogens is 408 g/mol. The zero-order valence-corrected chi connectivity index (χ0v) is 19.8. The Balaban J connectivity index is 2.11. The Morgan fingerprint density at radius 3 is 1.91 bits per heavy atom. The molecule has 6 nitrogen and oxygen atoms in total. The van der Waals surface area contributed by atoms with Crippen LogP contribution in [0, 0.1) is 13.8 Å². The summed E-state index contributed by atoms with van der Waals surface area (Å²) in [6, 6.07) is 7.34. The minimum absolute atomic E-state index is 0.333. The minimum atomic E-state index is -0.733. The van der Waals surface area contributed by atoms with E-state index in [4.69, 9.17) is 18.9 Å². The van der Waals surface area contributed by atoms with E-state index in [1.54, 1.807) is 13.0 Å². The lowest BCUT2D eigenvalue weighted by atomic mass is 10.0. The van der Waals surface area contributed by atoms with Gasteiger partial charge in [0.25, 0.3) is 0 Å². The number of benzene rings is 2. The van der Waals surface area contributed by atoms with E-state index in [1.165, 1.54) is 0 Å². The second-order valence-electron chi connectivity index (χ2n) is 8.09. The van der Waals surface area contributed by atoms with Gasteiger partial charge in [-0.2, -0.15) is 0 Å². The number of unbranched alkanes of at least 4 members (excludes halogenated alkanes) is 6. The smallest absolute Gasteiger partial charge is 0.434 e. The molecule has 0 atom stereocenters. The first-order chi connectivity index (χ1) is 15.5. The van der Waals surface area contributed by atoms with Gasteiger partial charge in [-0.3, -0.25) is 0 Å². The van der Waals surface area contributed by atoms with Crippen molar-refractivity contribution >= 4 is 23.1 Å². The topological polar surface area (TPSA) is 71.1 Å². The fraction of sp³-hybridized carbons (Fsp3) is 0.538. The van der Waals surface area contributed by atoms with Crippen LogP contribution in [0.25, 0.3) is 10.8 Å². The van der Waals surface area contributed by atoms with Gasteiger partial charge < -0.3 is 18.9 Å². The Kier molecular flexibility index (Phi) is 10.8. The maximum absolute atomic E-state index is 12.2. The Morgan fingerprint density at radius 1 is 0.719 bits per heavy atom. The van der Waals surface area contributed by atoms with Gasteiger partial charge in [-0.05, 0) is 44.4 Å². The molecule has 2 aromatic carbocycles. The molecule has 0 radical (unpaired) electrons. The standard InChI is InChI=1S/C26H36O6/c1-5-7-9-11-15-29-25(27)31-23-18-20(4)24(22-17-19(3)13-14-21(22)23)32-26(28)30-16-12-10-8-6-2/h13-14,17-18H,5-12,15-16H2,1-4H3. The summed E-state index contributed by atoms with van der Waals surface area (Å²) in [5.74, 6) is 0.777. The average molecular weight is 445 g/mol. The normalized spacial score (nSPS) is 10.8. The number of carbonyl (C=O) groups excluding carboxylic acids is 2. The molecule has 0 spiro atoms. The lowest BCUT2D eigenvalue weighted by Gasteiger charge is -2.15. The van der Waals surface area contributed by atoms with Crippen LogP contribution in [0.4, 0.5) is 9.59 Å². The largest absolute Gasteiger partial charge is 0.513 e. The molecule has 6 heteroatoms. The van der Waals surface area contributed by atoms with E-state index >= 15 is 0 Å². The fourth-order valence-corrected chi connectivity index (χ4v) is 3.43. The van der Waals surface area contributed by atoms with E-state index < -0.39 is 12.3 Å². The molecule has 0 aliphatic rings. The summed E-state index contributed by atoms with van der Waals surface area (Å²) in [6.45, 7) is 8.67. The number of hydrogen-bond donors (Lipinski definition) is 0. The van der Waals surface area contributed by atoms with Crippen molar-refractivity contribution in [2.45, 2.75) is 79.1 Å². The summed E-state index contributed by atoms with van der Waals surface area (Å²) >= 11 is 0. The Hall–Kier alpha value is -2.76. The van der Waals surface area contributed by atoms with Crippen molar-refractivity contribution in [3.63, 3.8) is 0 Å². The van der Waals surface area contributed by atoms with Gasteiger partial charge in [-0.15, -0.1) is 0 Å². The number of aryl methyl sites for hydroxylation is 2. The van der Waals surface area contributed by atoms with Crippen LogP contribution in [0.2, 0.25) is 0 Å². The molecule has 0 aliphatic carbocycles. The van der Waals surface area contributed by atoms with E-state index in [9.17, 15) is 9.59 Å². The minimum Gasteiger partial charge on any atom is -0.434 e. The van der Waals surface area contributed by atoms with Crippen LogP contribution in [-0.2, 0) is 9.47 Å². The van der Waals surface area contributed by atoms with Gasteiger partial charge in [0.2, 0.25) is 0 Å². The summed E-state index contributed by atoms with van der Waals surface area (Å²) in [6.07, 6.45) is 6.68. The van der Waals surface area contributed by atoms with Crippen LogP contribution in [-0.4, -0.2) is 25.5 Å². The van der Waals surface area contributed by atoms with Crippen molar-refractivity contribution in [2.24, 2.45) is 0 Å². The summed E-state index contributed by atoms with van der Waals surface area (Å²) in [5, 5.41) is 1.34.